The largest absolute Gasteiger partial charge is 0.481 e. The molecule has 0 saturated heterocycles. The number of carbonyl (C=O) groups is 2. The molecule has 0 aliphatic carbocycles. The van der Waals surface area contributed by atoms with E-state index in [2.05, 4.69) is 9.71 Å². The van der Waals surface area contributed by atoms with E-state index < -0.39 is 21.8 Å². The summed E-state index contributed by atoms with van der Waals surface area (Å²) in [5.41, 5.74) is 0.512. The van der Waals surface area contributed by atoms with Crippen molar-refractivity contribution in [2.75, 3.05) is 23.8 Å². The number of hydrogen-bond acceptors (Lipinski definition) is 7. The Morgan fingerprint density at radius 1 is 0.889 bits per heavy atom. The van der Waals surface area contributed by atoms with E-state index in [0.29, 0.717) is 0 Å². The van der Waals surface area contributed by atoms with Crippen LogP contribution in [0, 0.1) is 0 Å². The average molecular weight is 530 g/mol. The Morgan fingerprint density at radius 2 is 1.53 bits per heavy atom. The summed E-state index contributed by atoms with van der Waals surface area (Å²) in [5, 5.41) is 0.00349. The van der Waals surface area contributed by atoms with Crippen molar-refractivity contribution in [1.29, 1.82) is 0 Å². The minimum absolute atomic E-state index is 0.00349. The molecule has 0 radical (unpaired) electrons. The van der Waals surface area contributed by atoms with Gasteiger partial charge in [-0.3, -0.25) is 14.3 Å². The molecule has 1 N–H and O–H groups in total. The fourth-order valence-electron chi connectivity index (χ4n) is 3.82. The number of anilines is 2. The Kier molecular flexibility index (Phi) is 6.44. The normalized spacial score (nSPS) is 13.6. The van der Waals surface area contributed by atoms with Crippen molar-refractivity contribution in [3.8, 4) is 11.8 Å². The second-order valence-corrected chi connectivity index (χ2v) is 11.1. The van der Waals surface area contributed by atoms with Crippen LogP contribution in [0.3, 0.4) is 0 Å². The Hall–Kier alpha value is -3.63. The van der Waals surface area contributed by atoms with E-state index in [4.69, 9.17) is 21.1 Å². The highest BCUT2D eigenvalue weighted by Gasteiger charge is 2.42. The van der Waals surface area contributed by atoms with Crippen LogP contribution in [0.1, 0.15) is 47.1 Å². The van der Waals surface area contributed by atoms with E-state index in [-0.39, 0.29) is 49.6 Å². The maximum absolute atomic E-state index is 13.5. The Morgan fingerprint density at radius 3 is 2.11 bits per heavy atom. The minimum atomic E-state index is -4.08. The molecule has 2 amide bonds. The molecule has 2 heterocycles. The maximum atomic E-state index is 13.5. The number of sulfonamides is 1. The third-order valence-corrected chi connectivity index (χ3v) is 7.42. The lowest BCUT2D eigenvalue weighted by Crippen LogP contribution is -2.30. The summed E-state index contributed by atoms with van der Waals surface area (Å²) in [6.07, 6.45) is 0. The number of benzene rings is 2. The molecule has 36 heavy (non-hydrogen) atoms. The molecule has 11 heteroatoms. The second kappa shape index (κ2) is 9.11. The van der Waals surface area contributed by atoms with Crippen molar-refractivity contribution in [3.05, 3.63) is 70.2 Å². The highest BCUT2D eigenvalue weighted by molar-refractivity contribution is 7.92. The third-order valence-electron chi connectivity index (χ3n) is 5.72. The lowest BCUT2D eigenvalue weighted by molar-refractivity contribution is 0.0925. The molecular formula is C25H24ClN3O6S. The highest BCUT2D eigenvalue weighted by Crippen LogP contribution is 2.40. The predicted octanol–water partition coefficient (Wildman–Crippen LogP) is 4.65. The molecule has 0 fully saturated rings. The number of nitrogens with zero attached hydrogens (tertiary/aromatic N) is 2. The van der Waals surface area contributed by atoms with Crippen LogP contribution in [-0.4, -0.2) is 39.4 Å². The molecule has 4 rings (SSSR count). The number of fused-ring (bicyclic) bond motifs is 1. The molecule has 3 aromatic rings. The van der Waals surface area contributed by atoms with Crippen LogP contribution >= 0.6 is 11.6 Å². The monoisotopic (exact) mass is 529 g/mol. The zero-order valence-electron chi connectivity index (χ0n) is 20.2. The van der Waals surface area contributed by atoms with Gasteiger partial charge in [0, 0.05) is 6.07 Å². The number of halogens is 1. The standard InChI is InChI=1S/C25H24ClN3O6S/c1-25(2,3)14-6-8-15(9-7-14)36(32,33)28-17-11-10-16(26)20-21(17)24(31)29(23(20)30)18-12-13-19(34-4)27-22(18)35-5/h6-13,28H,1-5H3. The topological polar surface area (TPSA) is 115 Å². The fourth-order valence-corrected chi connectivity index (χ4v) is 5.13. The van der Waals surface area contributed by atoms with Crippen LogP contribution in [-0.2, 0) is 15.4 Å². The van der Waals surface area contributed by atoms with Crippen molar-refractivity contribution in [3.63, 3.8) is 0 Å². The second-order valence-electron chi connectivity index (χ2n) is 9.05. The van der Waals surface area contributed by atoms with E-state index in [0.717, 1.165) is 10.5 Å². The number of imide groups is 1. The molecule has 188 valence electrons. The molecule has 2 aromatic carbocycles. The average Bonchev–Trinajstić information content (AvgIpc) is 3.10. The van der Waals surface area contributed by atoms with E-state index in [1.807, 2.05) is 20.8 Å². The lowest BCUT2D eigenvalue weighted by Gasteiger charge is -2.19. The zero-order valence-corrected chi connectivity index (χ0v) is 21.8. The van der Waals surface area contributed by atoms with Gasteiger partial charge in [0.25, 0.3) is 21.8 Å². The highest BCUT2D eigenvalue weighted by atomic mass is 35.5. The molecule has 0 spiro atoms. The molecule has 0 unspecified atom stereocenters. The summed E-state index contributed by atoms with van der Waals surface area (Å²) < 4.78 is 39.1. The first-order valence-electron chi connectivity index (χ1n) is 10.8. The number of pyridine rings is 1. The van der Waals surface area contributed by atoms with Crippen molar-refractivity contribution < 1.29 is 27.5 Å². The number of ether oxygens (including phenoxy) is 2. The zero-order chi connectivity index (χ0) is 26.4. The maximum Gasteiger partial charge on any atom is 0.268 e. The lowest BCUT2D eigenvalue weighted by atomic mass is 9.87. The van der Waals surface area contributed by atoms with Gasteiger partial charge < -0.3 is 9.47 Å². The van der Waals surface area contributed by atoms with Gasteiger partial charge in [0.05, 0.1) is 41.0 Å². The van der Waals surface area contributed by atoms with Crippen molar-refractivity contribution in [1.82, 2.24) is 4.98 Å². The van der Waals surface area contributed by atoms with Crippen LogP contribution in [0.5, 0.6) is 11.8 Å². The quantitative estimate of drug-likeness (QED) is 0.462. The minimum Gasteiger partial charge on any atom is -0.481 e. The van der Waals surface area contributed by atoms with Crippen molar-refractivity contribution >= 4 is 44.8 Å². The van der Waals surface area contributed by atoms with E-state index in [1.165, 1.54) is 50.6 Å². The molecule has 0 atom stereocenters. The number of methoxy groups -OCH3 is 2. The van der Waals surface area contributed by atoms with E-state index in [1.54, 1.807) is 12.1 Å². The predicted molar refractivity (Wildman–Crippen MR) is 136 cm³/mol. The number of aromatic nitrogens is 1. The molecule has 9 nitrogen and oxygen atoms in total. The Bertz CT molecular complexity index is 1480. The van der Waals surface area contributed by atoms with Gasteiger partial charge in [-0.1, -0.05) is 44.5 Å². The first-order chi connectivity index (χ1) is 16.9. The first kappa shape index (κ1) is 25.5. The summed E-state index contributed by atoms with van der Waals surface area (Å²) in [5.74, 6) is -1.32. The van der Waals surface area contributed by atoms with E-state index >= 15 is 0 Å². The number of amides is 2. The smallest absolute Gasteiger partial charge is 0.268 e. The van der Waals surface area contributed by atoms with Crippen LogP contribution in [0.15, 0.2) is 53.4 Å². The van der Waals surface area contributed by atoms with Crippen molar-refractivity contribution in [2.45, 2.75) is 31.1 Å². The van der Waals surface area contributed by atoms with Gasteiger partial charge in [0.2, 0.25) is 11.8 Å². The van der Waals surface area contributed by atoms with Crippen LogP contribution in [0.4, 0.5) is 11.4 Å². The molecular weight excluding hydrogens is 506 g/mol. The molecule has 0 saturated carbocycles. The SMILES string of the molecule is COc1ccc(N2C(=O)c3c(Cl)ccc(NS(=O)(=O)c4ccc(C(C)(C)C)cc4)c3C2=O)c(OC)n1. The van der Waals surface area contributed by atoms with Gasteiger partial charge >= 0.3 is 0 Å². The first-order valence-corrected chi connectivity index (χ1v) is 12.7. The summed E-state index contributed by atoms with van der Waals surface area (Å²) in [6.45, 7) is 6.06. The van der Waals surface area contributed by atoms with E-state index in [9.17, 15) is 18.0 Å². The molecule has 1 aliphatic heterocycles. The van der Waals surface area contributed by atoms with Crippen LogP contribution < -0.4 is 19.1 Å². The number of hydrogen-bond donors (Lipinski definition) is 1. The number of nitrogens with one attached hydrogen (secondary N) is 1. The molecule has 1 aliphatic rings. The Balaban J connectivity index is 1.75. The fraction of sp³-hybridized carbons (Fsp3) is 0.240. The van der Waals surface area contributed by atoms with Crippen molar-refractivity contribution in [2.24, 2.45) is 0 Å². The molecule has 0 bridgehead atoms. The van der Waals surface area contributed by atoms with Gasteiger partial charge in [-0.25, -0.2) is 13.3 Å². The third kappa shape index (κ3) is 4.38. The number of carbonyl (C=O) groups excluding carboxylic acids is 2. The van der Waals surface area contributed by atoms with Gasteiger partial charge in [-0.05, 0) is 41.3 Å². The van der Waals surface area contributed by atoms with Gasteiger partial charge in [0.15, 0.2) is 0 Å². The Labute approximate surface area is 214 Å². The summed E-state index contributed by atoms with van der Waals surface area (Å²) in [4.78, 5) is 31.7. The number of rotatable bonds is 6. The van der Waals surface area contributed by atoms with Crippen LogP contribution in [0.25, 0.3) is 0 Å². The molecule has 1 aromatic heterocycles. The van der Waals surface area contributed by atoms with Gasteiger partial charge in [0.1, 0.15) is 5.69 Å². The summed E-state index contributed by atoms with van der Waals surface area (Å²) in [7, 11) is -1.33. The summed E-state index contributed by atoms with van der Waals surface area (Å²) >= 11 is 6.28. The van der Waals surface area contributed by atoms with Gasteiger partial charge in [-0.2, -0.15) is 4.98 Å². The van der Waals surface area contributed by atoms with Gasteiger partial charge in [-0.15, -0.1) is 0 Å². The summed E-state index contributed by atoms with van der Waals surface area (Å²) in [6, 6.07) is 12.1. The van der Waals surface area contributed by atoms with Crippen LogP contribution in [0.2, 0.25) is 5.02 Å².